The molecule has 0 saturated carbocycles. The van der Waals surface area contributed by atoms with Crippen molar-refractivity contribution in [2.75, 3.05) is 0 Å². The standard InChI is InChI=1S/C14H9BrN3/c15-12-6-4-11(5-7-12)13-9-18(10-16)8-2-1-3-14(18)17-13/h1-9H/q+1. The molecule has 18 heavy (non-hydrogen) atoms. The van der Waals surface area contributed by atoms with Gasteiger partial charge < -0.3 is 0 Å². The zero-order chi connectivity index (χ0) is 12.6. The van der Waals surface area contributed by atoms with Crippen LogP contribution in [0.1, 0.15) is 5.56 Å². The van der Waals surface area contributed by atoms with Gasteiger partial charge in [-0.3, -0.25) is 0 Å². The number of hydrogen-bond acceptors (Lipinski definition) is 2. The molecule has 0 spiro atoms. The summed E-state index contributed by atoms with van der Waals surface area (Å²) in [6, 6.07) is 7.91. The highest BCUT2D eigenvalue weighted by atomic mass is 79.9. The number of nitrogens with zero attached hydrogens (tertiary/aromatic N) is 3. The van der Waals surface area contributed by atoms with Crippen molar-refractivity contribution in [1.82, 2.24) is 0 Å². The van der Waals surface area contributed by atoms with E-state index < -0.39 is 0 Å². The number of halogens is 1. The fraction of sp³-hybridized carbons (Fsp3) is 0. The number of aliphatic imine (C=N–C) groups is 1. The highest BCUT2D eigenvalue weighted by Gasteiger charge is 2.37. The molecule has 0 fully saturated rings. The van der Waals surface area contributed by atoms with Crippen LogP contribution in [0.2, 0.25) is 0 Å². The van der Waals surface area contributed by atoms with Crippen molar-refractivity contribution < 1.29 is 4.48 Å². The van der Waals surface area contributed by atoms with Crippen LogP contribution in [0.3, 0.4) is 0 Å². The van der Waals surface area contributed by atoms with Gasteiger partial charge in [0.15, 0.2) is 0 Å². The monoisotopic (exact) mass is 298 g/mol. The van der Waals surface area contributed by atoms with Gasteiger partial charge in [0.1, 0.15) is 18.1 Å². The predicted octanol–water partition coefficient (Wildman–Crippen LogP) is 3.54. The van der Waals surface area contributed by atoms with E-state index in [1.165, 1.54) is 0 Å². The molecule has 3 nitrogen and oxygen atoms in total. The third kappa shape index (κ3) is 1.65. The normalized spacial score (nSPS) is 24.2. The Hall–Kier alpha value is -1.96. The van der Waals surface area contributed by atoms with E-state index in [0.717, 1.165) is 21.6 Å². The minimum absolute atomic E-state index is 0.0297. The van der Waals surface area contributed by atoms with Crippen molar-refractivity contribution in [1.29, 1.82) is 5.26 Å². The van der Waals surface area contributed by atoms with E-state index in [2.05, 4.69) is 27.1 Å². The number of nitriles is 1. The number of hydrogen-bond donors (Lipinski definition) is 0. The Labute approximate surface area is 113 Å². The summed E-state index contributed by atoms with van der Waals surface area (Å²) < 4.78 is 1.06. The first-order valence-electron chi connectivity index (χ1n) is 5.47. The highest BCUT2D eigenvalue weighted by Crippen LogP contribution is 2.31. The molecule has 0 saturated heterocycles. The van der Waals surface area contributed by atoms with Gasteiger partial charge in [0, 0.05) is 16.1 Å². The second-order valence-electron chi connectivity index (χ2n) is 4.07. The van der Waals surface area contributed by atoms with Crippen molar-refractivity contribution in [2.45, 2.75) is 0 Å². The summed E-state index contributed by atoms with van der Waals surface area (Å²) in [4.78, 5) is 4.53. The quantitative estimate of drug-likeness (QED) is 0.577. The summed E-state index contributed by atoms with van der Waals surface area (Å²) in [7, 11) is 0. The first kappa shape index (κ1) is 11.1. The molecular weight excluding hydrogens is 290 g/mol. The Balaban J connectivity index is 2.09. The van der Waals surface area contributed by atoms with Crippen LogP contribution in [0, 0.1) is 11.5 Å². The molecule has 0 aromatic heterocycles. The highest BCUT2D eigenvalue weighted by molar-refractivity contribution is 9.10. The molecule has 1 aromatic rings. The van der Waals surface area contributed by atoms with Crippen LogP contribution < -0.4 is 0 Å². The lowest BCUT2D eigenvalue weighted by molar-refractivity contribution is -0.649. The van der Waals surface area contributed by atoms with E-state index in [-0.39, 0.29) is 4.48 Å². The molecule has 2 aliphatic heterocycles. The second-order valence-corrected chi connectivity index (χ2v) is 4.98. The lowest BCUT2D eigenvalue weighted by Gasteiger charge is -2.16. The van der Waals surface area contributed by atoms with Crippen LogP contribution in [0.4, 0.5) is 0 Å². The molecule has 3 rings (SSSR count). The molecule has 1 aromatic carbocycles. The third-order valence-electron chi connectivity index (χ3n) is 2.92. The van der Waals surface area contributed by atoms with Crippen LogP contribution in [-0.2, 0) is 0 Å². The zero-order valence-electron chi connectivity index (χ0n) is 9.42. The van der Waals surface area contributed by atoms with Gasteiger partial charge in [-0.1, -0.05) is 28.1 Å². The molecule has 0 amide bonds. The third-order valence-corrected chi connectivity index (χ3v) is 3.45. The van der Waals surface area contributed by atoms with Crippen LogP contribution in [-0.4, -0.2) is 10.3 Å². The van der Waals surface area contributed by atoms with Crippen LogP contribution >= 0.6 is 15.9 Å². The molecular formula is C14H9BrN3+. The van der Waals surface area contributed by atoms with E-state index in [4.69, 9.17) is 0 Å². The number of benzene rings is 1. The van der Waals surface area contributed by atoms with Crippen molar-refractivity contribution in [3.8, 4) is 6.19 Å². The fourth-order valence-electron chi connectivity index (χ4n) is 1.97. The van der Waals surface area contributed by atoms with Crippen molar-refractivity contribution >= 4 is 27.5 Å². The van der Waals surface area contributed by atoms with Gasteiger partial charge in [-0.15, -0.1) is 9.74 Å². The fourth-order valence-corrected chi connectivity index (χ4v) is 2.24. The minimum atomic E-state index is 0.0297. The van der Waals surface area contributed by atoms with Crippen molar-refractivity contribution in [2.24, 2.45) is 4.99 Å². The number of allylic oxidation sites excluding steroid dienone is 2. The smallest absolute Gasteiger partial charge is 0.189 e. The van der Waals surface area contributed by atoms with E-state index in [1.807, 2.05) is 54.9 Å². The summed E-state index contributed by atoms with van der Waals surface area (Å²) in [5.41, 5.74) is 1.84. The first-order valence-corrected chi connectivity index (χ1v) is 6.27. The van der Waals surface area contributed by atoms with Gasteiger partial charge in [0.05, 0.1) is 0 Å². The van der Waals surface area contributed by atoms with Crippen LogP contribution in [0.15, 0.2) is 64.4 Å². The number of rotatable bonds is 1. The van der Waals surface area contributed by atoms with Gasteiger partial charge in [-0.2, -0.15) is 4.99 Å². The average Bonchev–Trinajstić information content (AvgIpc) is 2.79. The summed E-state index contributed by atoms with van der Waals surface area (Å²) in [6.07, 6.45) is 11.6. The number of amidine groups is 1. The van der Waals surface area contributed by atoms with Gasteiger partial charge >= 0.3 is 6.19 Å². The molecule has 0 N–H and O–H groups in total. The molecule has 0 radical (unpaired) electrons. The predicted molar refractivity (Wildman–Crippen MR) is 73.7 cm³/mol. The molecule has 0 bridgehead atoms. The number of quaternary nitrogens is 1. The SMILES string of the molecule is N#C[N+]12C=CC=CC1=NC(c1ccc(Br)cc1)=C2. The molecule has 86 valence electrons. The maximum atomic E-state index is 9.36. The molecule has 4 heteroatoms. The lowest BCUT2D eigenvalue weighted by atomic mass is 10.2. The Morgan fingerprint density at radius 1 is 1.17 bits per heavy atom. The van der Waals surface area contributed by atoms with Gasteiger partial charge in [0.25, 0.3) is 5.84 Å². The van der Waals surface area contributed by atoms with Crippen LogP contribution in [0.25, 0.3) is 5.70 Å². The van der Waals surface area contributed by atoms with Gasteiger partial charge in [-0.25, -0.2) is 0 Å². The Bertz CT molecular complexity index is 659. The molecule has 2 aliphatic rings. The summed E-state index contributed by atoms with van der Waals surface area (Å²) >= 11 is 3.41. The number of fused-ring (bicyclic) bond motifs is 1. The topological polar surface area (TPSA) is 36.1 Å². The van der Waals surface area contributed by atoms with E-state index >= 15 is 0 Å². The summed E-state index contributed by atoms with van der Waals surface area (Å²) in [5, 5.41) is 9.36. The summed E-state index contributed by atoms with van der Waals surface area (Å²) in [6.45, 7) is 0. The maximum Gasteiger partial charge on any atom is 0.325 e. The van der Waals surface area contributed by atoms with Gasteiger partial charge in [-0.05, 0) is 24.3 Å². The Morgan fingerprint density at radius 3 is 2.61 bits per heavy atom. The van der Waals surface area contributed by atoms with E-state index in [9.17, 15) is 5.26 Å². The first-order chi connectivity index (χ1) is 8.73. The zero-order valence-corrected chi connectivity index (χ0v) is 11.0. The van der Waals surface area contributed by atoms with E-state index in [1.54, 1.807) is 0 Å². The second kappa shape index (κ2) is 4.05. The summed E-state index contributed by atoms with van der Waals surface area (Å²) in [5.74, 6) is 0.734. The van der Waals surface area contributed by atoms with Crippen LogP contribution in [0.5, 0.6) is 0 Å². The Kier molecular flexibility index (Phi) is 2.51. The van der Waals surface area contributed by atoms with E-state index in [0.29, 0.717) is 0 Å². The lowest BCUT2D eigenvalue weighted by Crippen LogP contribution is -2.35. The average molecular weight is 299 g/mol. The molecule has 1 unspecified atom stereocenters. The van der Waals surface area contributed by atoms with Crippen molar-refractivity contribution in [3.05, 3.63) is 64.9 Å². The molecule has 1 atom stereocenters. The van der Waals surface area contributed by atoms with Crippen molar-refractivity contribution in [3.63, 3.8) is 0 Å². The molecule has 2 heterocycles. The maximum absolute atomic E-state index is 9.36. The Morgan fingerprint density at radius 2 is 1.94 bits per heavy atom. The minimum Gasteiger partial charge on any atom is -0.189 e. The van der Waals surface area contributed by atoms with Gasteiger partial charge in [0.2, 0.25) is 0 Å². The molecule has 0 aliphatic carbocycles. The largest absolute Gasteiger partial charge is 0.325 e.